The molecule has 5 heteroatoms. The van der Waals surface area contributed by atoms with Crippen molar-refractivity contribution in [2.24, 2.45) is 0 Å². The Morgan fingerprint density at radius 3 is 2.35 bits per heavy atom. The molecule has 0 spiro atoms. The Kier molecular flexibility index (Phi) is 3.79. The quantitative estimate of drug-likeness (QED) is 0.666. The van der Waals surface area contributed by atoms with E-state index in [-0.39, 0.29) is 22.9 Å². The van der Waals surface area contributed by atoms with Crippen molar-refractivity contribution in [1.82, 2.24) is 0 Å². The molecule has 0 aliphatic heterocycles. The maximum Gasteiger partial charge on any atom is 0.221 e. The second-order valence-corrected chi connectivity index (χ2v) is 4.28. The van der Waals surface area contributed by atoms with Crippen molar-refractivity contribution in [3.05, 3.63) is 59.4 Å². The van der Waals surface area contributed by atoms with Gasteiger partial charge in [0.25, 0.3) is 0 Å². The lowest BCUT2D eigenvalue weighted by Gasteiger charge is -2.10. The van der Waals surface area contributed by atoms with Crippen LogP contribution in [0.25, 0.3) is 0 Å². The fourth-order valence-corrected chi connectivity index (χ4v) is 1.82. The molecule has 0 aliphatic carbocycles. The first-order valence-corrected chi connectivity index (χ1v) is 5.95. The highest BCUT2D eigenvalue weighted by Gasteiger charge is 2.15. The molecule has 0 atom stereocenters. The third kappa shape index (κ3) is 2.83. The van der Waals surface area contributed by atoms with E-state index in [1.54, 1.807) is 18.2 Å². The number of ketones is 1. The fraction of sp³-hybridized carbons (Fsp3) is 0.0667. The summed E-state index contributed by atoms with van der Waals surface area (Å²) < 4.78 is 12.9. The second-order valence-electron chi connectivity index (χ2n) is 4.28. The van der Waals surface area contributed by atoms with E-state index in [1.165, 1.54) is 31.2 Å². The summed E-state index contributed by atoms with van der Waals surface area (Å²) in [6.45, 7) is 1.36. The molecule has 1 amide bonds. The van der Waals surface area contributed by atoms with Gasteiger partial charge >= 0.3 is 0 Å². The number of nitrogens with two attached hydrogens (primary N) is 1. The van der Waals surface area contributed by atoms with Crippen LogP contribution in [-0.4, -0.2) is 11.7 Å². The van der Waals surface area contributed by atoms with E-state index in [4.69, 9.17) is 5.73 Å². The number of amides is 1. The number of nitrogen functional groups attached to an aromatic ring is 1. The number of nitrogens with one attached hydrogen (secondary N) is 1. The molecule has 0 saturated carbocycles. The Labute approximate surface area is 115 Å². The smallest absolute Gasteiger partial charge is 0.221 e. The molecule has 2 aromatic rings. The summed E-state index contributed by atoms with van der Waals surface area (Å²) in [5.41, 5.74) is 7.06. The van der Waals surface area contributed by atoms with Crippen LogP contribution < -0.4 is 11.1 Å². The van der Waals surface area contributed by atoms with Crippen molar-refractivity contribution in [1.29, 1.82) is 0 Å². The molecule has 0 fully saturated rings. The van der Waals surface area contributed by atoms with Gasteiger partial charge in [0.05, 0.1) is 11.4 Å². The van der Waals surface area contributed by atoms with Gasteiger partial charge in [0.1, 0.15) is 5.82 Å². The van der Waals surface area contributed by atoms with Gasteiger partial charge in [-0.15, -0.1) is 0 Å². The molecule has 0 aromatic heterocycles. The molecular weight excluding hydrogens is 259 g/mol. The lowest BCUT2D eigenvalue weighted by Crippen LogP contribution is -2.11. The first-order chi connectivity index (χ1) is 9.49. The van der Waals surface area contributed by atoms with E-state index in [0.717, 1.165) is 0 Å². The van der Waals surface area contributed by atoms with Crippen molar-refractivity contribution in [3.8, 4) is 0 Å². The summed E-state index contributed by atoms with van der Waals surface area (Å²) in [6.07, 6.45) is 0. The summed E-state index contributed by atoms with van der Waals surface area (Å²) >= 11 is 0. The van der Waals surface area contributed by atoms with Crippen LogP contribution >= 0.6 is 0 Å². The molecule has 4 nitrogen and oxygen atoms in total. The van der Waals surface area contributed by atoms with Crippen molar-refractivity contribution in [2.45, 2.75) is 6.92 Å². The minimum atomic E-state index is -0.415. The molecule has 0 saturated heterocycles. The van der Waals surface area contributed by atoms with Crippen LogP contribution in [0, 0.1) is 5.82 Å². The third-order valence-corrected chi connectivity index (χ3v) is 2.77. The largest absolute Gasteiger partial charge is 0.396 e. The molecule has 0 bridgehead atoms. The zero-order chi connectivity index (χ0) is 14.7. The third-order valence-electron chi connectivity index (χ3n) is 2.77. The number of benzene rings is 2. The molecule has 0 aliphatic rings. The summed E-state index contributed by atoms with van der Waals surface area (Å²) in [6, 6.07) is 10.00. The van der Waals surface area contributed by atoms with Gasteiger partial charge in [0.15, 0.2) is 5.78 Å². The Bertz CT molecular complexity index is 666. The zero-order valence-corrected chi connectivity index (χ0v) is 10.8. The maximum atomic E-state index is 12.9. The molecule has 0 radical (unpaired) electrons. The van der Waals surface area contributed by atoms with Gasteiger partial charge in [-0.2, -0.15) is 0 Å². The highest BCUT2D eigenvalue weighted by atomic mass is 19.1. The summed E-state index contributed by atoms with van der Waals surface area (Å²) in [5.74, 6) is -1.01. The lowest BCUT2D eigenvalue weighted by atomic mass is 10.0. The van der Waals surface area contributed by atoms with Gasteiger partial charge in [-0.3, -0.25) is 9.59 Å². The molecule has 2 rings (SSSR count). The van der Waals surface area contributed by atoms with Crippen molar-refractivity contribution in [2.75, 3.05) is 11.1 Å². The van der Waals surface area contributed by atoms with E-state index in [0.29, 0.717) is 11.3 Å². The normalized spacial score (nSPS) is 10.1. The van der Waals surface area contributed by atoms with Gasteiger partial charge < -0.3 is 11.1 Å². The topological polar surface area (TPSA) is 72.2 Å². The number of carbonyl (C=O) groups excluding carboxylic acids is 2. The van der Waals surface area contributed by atoms with E-state index in [9.17, 15) is 14.0 Å². The Hall–Kier alpha value is -2.69. The molecule has 3 N–H and O–H groups in total. The number of carbonyl (C=O) groups is 2. The lowest BCUT2D eigenvalue weighted by molar-refractivity contribution is -0.114. The maximum absolute atomic E-state index is 12.9. The Morgan fingerprint density at radius 2 is 1.75 bits per heavy atom. The predicted molar refractivity (Wildman–Crippen MR) is 75.0 cm³/mol. The van der Waals surface area contributed by atoms with Gasteiger partial charge in [-0.25, -0.2) is 4.39 Å². The number of hydrogen-bond acceptors (Lipinski definition) is 3. The van der Waals surface area contributed by atoms with Crippen molar-refractivity contribution >= 4 is 23.1 Å². The standard InChI is InChI=1S/C15H13FN2O2/c1-9(19)18-13-4-2-3-12(14(13)17)15(20)10-5-7-11(16)8-6-10/h2-8H,17H2,1H3,(H,18,19). The molecule has 0 heterocycles. The zero-order valence-electron chi connectivity index (χ0n) is 10.8. The molecule has 20 heavy (non-hydrogen) atoms. The highest BCUT2D eigenvalue weighted by Crippen LogP contribution is 2.25. The van der Waals surface area contributed by atoms with Crippen LogP contribution in [0.15, 0.2) is 42.5 Å². The first kappa shape index (κ1) is 13.7. The van der Waals surface area contributed by atoms with Crippen molar-refractivity contribution in [3.63, 3.8) is 0 Å². The number of para-hydroxylation sites is 1. The average Bonchev–Trinajstić information content (AvgIpc) is 2.41. The molecular formula is C15H13FN2O2. The van der Waals surface area contributed by atoms with Gasteiger partial charge in [-0.1, -0.05) is 6.07 Å². The monoisotopic (exact) mass is 272 g/mol. The van der Waals surface area contributed by atoms with Gasteiger partial charge in [-0.05, 0) is 36.4 Å². The number of hydrogen-bond donors (Lipinski definition) is 2. The Balaban J connectivity index is 2.39. The minimum Gasteiger partial charge on any atom is -0.396 e. The number of anilines is 2. The van der Waals surface area contributed by atoms with Crippen LogP contribution in [-0.2, 0) is 4.79 Å². The highest BCUT2D eigenvalue weighted by molar-refractivity contribution is 6.14. The van der Waals surface area contributed by atoms with E-state index in [2.05, 4.69) is 5.32 Å². The van der Waals surface area contributed by atoms with Gasteiger partial charge in [0.2, 0.25) is 5.91 Å². The first-order valence-electron chi connectivity index (χ1n) is 5.95. The minimum absolute atomic E-state index is 0.192. The predicted octanol–water partition coefficient (Wildman–Crippen LogP) is 2.60. The van der Waals surface area contributed by atoms with Crippen LogP contribution in [0.1, 0.15) is 22.8 Å². The van der Waals surface area contributed by atoms with E-state index >= 15 is 0 Å². The molecule has 2 aromatic carbocycles. The summed E-state index contributed by atoms with van der Waals surface area (Å²) in [5, 5.41) is 2.55. The number of halogens is 1. The van der Waals surface area contributed by atoms with Crippen LogP contribution in [0.3, 0.4) is 0 Å². The van der Waals surface area contributed by atoms with Crippen LogP contribution in [0.4, 0.5) is 15.8 Å². The summed E-state index contributed by atoms with van der Waals surface area (Å²) in [7, 11) is 0. The van der Waals surface area contributed by atoms with Gasteiger partial charge in [0, 0.05) is 18.1 Å². The SMILES string of the molecule is CC(=O)Nc1cccc(C(=O)c2ccc(F)cc2)c1N. The molecule has 0 unspecified atom stereocenters. The fourth-order valence-electron chi connectivity index (χ4n) is 1.82. The average molecular weight is 272 g/mol. The van der Waals surface area contributed by atoms with Crippen molar-refractivity contribution < 1.29 is 14.0 Å². The van der Waals surface area contributed by atoms with E-state index in [1.807, 2.05) is 0 Å². The Morgan fingerprint density at radius 1 is 1.10 bits per heavy atom. The van der Waals surface area contributed by atoms with Crippen LogP contribution in [0.2, 0.25) is 0 Å². The second kappa shape index (κ2) is 5.52. The van der Waals surface area contributed by atoms with Crippen LogP contribution in [0.5, 0.6) is 0 Å². The number of rotatable bonds is 3. The molecule has 102 valence electrons. The van der Waals surface area contributed by atoms with E-state index < -0.39 is 5.82 Å². The summed E-state index contributed by atoms with van der Waals surface area (Å²) in [4.78, 5) is 23.4.